The highest BCUT2D eigenvalue weighted by Gasteiger charge is 2.16. The Bertz CT molecular complexity index is 623. The first-order valence-corrected chi connectivity index (χ1v) is 7.19. The molecule has 4 heteroatoms. The molecule has 0 fully saturated rings. The van der Waals surface area contributed by atoms with E-state index in [2.05, 4.69) is 15.9 Å². The topological polar surface area (TPSA) is 40.5 Å². The van der Waals surface area contributed by atoms with Crippen LogP contribution in [0.4, 0.5) is 11.4 Å². The average molecular weight is 334 g/mol. The molecule has 2 aromatic carbocycles. The molecule has 0 unspecified atom stereocenters. The quantitative estimate of drug-likeness (QED) is 0.887. The molecule has 0 saturated heterocycles. The summed E-state index contributed by atoms with van der Waals surface area (Å²) in [5.74, 6) is -0.918. The van der Waals surface area contributed by atoms with Crippen molar-refractivity contribution in [3.05, 3.63) is 58.1 Å². The lowest BCUT2D eigenvalue weighted by Gasteiger charge is -2.25. The van der Waals surface area contributed by atoms with Crippen LogP contribution in [0.2, 0.25) is 0 Å². The molecule has 2 aromatic rings. The van der Waals surface area contributed by atoms with E-state index in [4.69, 9.17) is 0 Å². The van der Waals surface area contributed by atoms with Gasteiger partial charge in [0.15, 0.2) is 0 Å². The van der Waals surface area contributed by atoms with E-state index < -0.39 is 5.97 Å². The summed E-state index contributed by atoms with van der Waals surface area (Å²) in [6.45, 7) is 4.73. The van der Waals surface area contributed by atoms with Crippen molar-refractivity contribution in [2.75, 3.05) is 11.4 Å². The van der Waals surface area contributed by atoms with Gasteiger partial charge < -0.3 is 10.0 Å². The third-order valence-electron chi connectivity index (χ3n) is 3.14. The van der Waals surface area contributed by atoms with Crippen molar-refractivity contribution in [1.29, 1.82) is 0 Å². The summed E-state index contributed by atoms with van der Waals surface area (Å²) in [5.41, 5.74) is 3.16. The van der Waals surface area contributed by atoms with Gasteiger partial charge in [-0.05, 0) is 44.2 Å². The highest BCUT2D eigenvalue weighted by molar-refractivity contribution is 9.10. The molecule has 0 amide bonds. The van der Waals surface area contributed by atoms with Gasteiger partial charge in [0, 0.05) is 16.7 Å². The van der Waals surface area contributed by atoms with E-state index in [1.54, 1.807) is 12.1 Å². The first-order chi connectivity index (χ1) is 9.52. The number of carboxylic acids is 1. The van der Waals surface area contributed by atoms with Gasteiger partial charge in [-0.25, -0.2) is 4.79 Å². The minimum Gasteiger partial charge on any atom is -0.478 e. The first-order valence-electron chi connectivity index (χ1n) is 6.40. The van der Waals surface area contributed by atoms with Crippen LogP contribution >= 0.6 is 15.9 Å². The maximum absolute atomic E-state index is 11.4. The van der Waals surface area contributed by atoms with Crippen molar-refractivity contribution in [1.82, 2.24) is 0 Å². The highest BCUT2D eigenvalue weighted by atomic mass is 79.9. The van der Waals surface area contributed by atoms with Crippen LogP contribution in [0.3, 0.4) is 0 Å². The van der Waals surface area contributed by atoms with E-state index in [0.29, 0.717) is 17.8 Å². The summed E-state index contributed by atoms with van der Waals surface area (Å²) >= 11 is 3.41. The maximum Gasteiger partial charge on any atom is 0.337 e. The third kappa shape index (κ3) is 3.02. The van der Waals surface area contributed by atoms with E-state index >= 15 is 0 Å². The molecule has 0 heterocycles. The summed E-state index contributed by atoms with van der Waals surface area (Å²) < 4.78 is 0.864. The lowest BCUT2D eigenvalue weighted by molar-refractivity contribution is 0.0697. The van der Waals surface area contributed by atoms with Gasteiger partial charge in [0.25, 0.3) is 0 Å². The molecule has 0 aliphatic carbocycles. The van der Waals surface area contributed by atoms with Crippen LogP contribution < -0.4 is 4.90 Å². The number of hydrogen-bond donors (Lipinski definition) is 1. The maximum atomic E-state index is 11.4. The number of aryl methyl sites for hydroxylation is 1. The molecule has 104 valence electrons. The lowest BCUT2D eigenvalue weighted by Crippen LogP contribution is -2.19. The fourth-order valence-electron chi connectivity index (χ4n) is 2.13. The molecule has 0 bridgehead atoms. The standard InChI is InChI=1S/C16H16BrNO2/c1-3-18(13-7-4-11(2)5-8-13)15-10-12(17)6-9-14(15)16(19)20/h4-10H,3H2,1-2H3,(H,19,20). The molecule has 0 spiro atoms. The molecule has 0 atom stereocenters. The fourth-order valence-corrected chi connectivity index (χ4v) is 2.47. The van der Waals surface area contributed by atoms with Gasteiger partial charge in [-0.3, -0.25) is 0 Å². The zero-order chi connectivity index (χ0) is 14.7. The van der Waals surface area contributed by atoms with E-state index in [1.807, 2.05) is 49.1 Å². The number of carboxylic acid groups (broad SMARTS) is 1. The summed E-state index contributed by atoms with van der Waals surface area (Å²) in [7, 11) is 0. The number of benzene rings is 2. The Morgan fingerprint density at radius 2 is 1.85 bits per heavy atom. The van der Waals surface area contributed by atoms with Gasteiger partial charge in [-0.1, -0.05) is 33.6 Å². The van der Waals surface area contributed by atoms with Crippen molar-refractivity contribution in [2.45, 2.75) is 13.8 Å². The third-order valence-corrected chi connectivity index (χ3v) is 3.64. The second kappa shape index (κ2) is 6.09. The molecule has 0 radical (unpaired) electrons. The zero-order valence-electron chi connectivity index (χ0n) is 11.4. The normalized spacial score (nSPS) is 10.3. The molecule has 20 heavy (non-hydrogen) atoms. The molecule has 3 nitrogen and oxygen atoms in total. The molecule has 0 aromatic heterocycles. The number of anilines is 2. The Morgan fingerprint density at radius 1 is 1.20 bits per heavy atom. The number of halogens is 1. The smallest absolute Gasteiger partial charge is 0.337 e. The molecule has 2 rings (SSSR count). The van der Waals surface area contributed by atoms with E-state index in [-0.39, 0.29) is 0 Å². The fraction of sp³-hybridized carbons (Fsp3) is 0.188. The van der Waals surface area contributed by atoms with Crippen LogP contribution in [0.1, 0.15) is 22.8 Å². The number of carbonyl (C=O) groups is 1. The minimum atomic E-state index is -0.918. The van der Waals surface area contributed by atoms with Crippen LogP contribution in [-0.4, -0.2) is 17.6 Å². The Morgan fingerprint density at radius 3 is 2.40 bits per heavy atom. The van der Waals surface area contributed by atoms with Gasteiger partial charge in [0.2, 0.25) is 0 Å². The first kappa shape index (κ1) is 14.6. The molecule has 1 N–H and O–H groups in total. The van der Waals surface area contributed by atoms with Gasteiger partial charge in [-0.15, -0.1) is 0 Å². The number of hydrogen-bond acceptors (Lipinski definition) is 2. The Kier molecular flexibility index (Phi) is 4.45. The zero-order valence-corrected chi connectivity index (χ0v) is 13.0. The largest absolute Gasteiger partial charge is 0.478 e. The number of aromatic carboxylic acids is 1. The number of rotatable bonds is 4. The van der Waals surface area contributed by atoms with Crippen molar-refractivity contribution in [2.24, 2.45) is 0 Å². The molecular formula is C16H16BrNO2. The van der Waals surface area contributed by atoms with Crippen LogP contribution in [0.15, 0.2) is 46.9 Å². The summed E-state index contributed by atoms with van der Waals surface area (Å²) in [6.07, 6.45) is 0. The highest BCUT2D eigenvalue weighted by Crippen LogP contribution is 2.31. The van der Waals surface area contributed by atoms with Gasteiger partial charge in [0.1, 0.15) is 0 Å². The Labute approximate surface area is 127 Å². The molecule has 0 aliphatic heterocycles. The van der Waals surface area contributed by atoms with E-state index in [9.17, 15) is 9.90 Å². The second-order valence-electron chi connectivity index (χ2n) is 4.55. The SMILES string of the molecule is CCN(c1ccc(C)cc1)c1cc(Br)ccc1C(=O)O. The van der Waals surface area contributed by atoms with Crippen LogP contribution in [0.5, 0.6) is 0 Å². The van der Waals surface area contributed by atoms with Gasteiger partial charge >= 0.3 is 5.97 Å². The Balaban J connectivity index is 2.53. The van der Waals surface area contributed by atoms with Crippen molar-refractivity contribution >= 4 is 33.3 Å². The predicted octanol–water partition coefficient (Wildman–Crippen LogP) is 4.61. The summed E-state index contributed by atoms with van der Waals surface area (Å²) in [5, 5.41) is 9.35. The van der Waals surface area contributed by atoms with E-state index in [1.165, 1.54) is 5.56 Å². The van der Waals surface area contributed by atoms with Gasteiger partial charge in [-0.2, -0.15) is 0 Å². The van der Waals surface area contributed by atoms with Crippen molar-refractivity contribution in [3.63, 3.8) is 0 Å². The molecule has 0 saturated carbocycles. The summed E-state index contributed by atoms with van der Waals surface area (Å²) in [4.78, 5) is 13.4. The van der Waals surface area contributed by atoms with Crippen LogP contribution in [-0.2, 0) is 0 Å². The van der Waals surface area contributed by atoms with Crippen molar-refractivity contribution < 1.29 is 9.90 Å². The van der Waals surface area contributed by atoms with Crippen LogP contribution in [0, 0.1) is 6.92 Å². The molecule has 0 aliphatic rings. The number of nitrogens with zero attached hydrogens (tertiary/aromatic N) is 1. The Hall–Kier alpha value is -1.81. The van der Waals surface area contributed by atoms with E-state index in [0.717, 1.165) is 10.2 Å². The van der Waals surface area contributed by atoms with Gasteiger partial charge in [0.05, 0.1) is 11.3 Å². The second-order valence-corrected chi connectivity index (χ2v) is 5.46. The monoisotopic (exact) mass is 333 g/mol. The lowest BCUT2D eigenvalue weighted by atomic mass is 10.1. The minimum absolute atomic E-state index is 0.302. The van der Waals surface area contributed by atoms with Crippen molar-refractivity contribution in [3.8, 4) is 0 Å². The molecular weight excluding hydrogens is 318 g/mol. The summed E-state index contributed by atoms with van der Waals surface area (Å²) in [6, 6.07) is 13.3. The average Bonchev–Trinajstić information content (AvgIpc) is 2.41. The van der Waals surface area contributed by atoms with Crippen LogP contribution in [0.25, 0.3) is 0 Å². The predicted molar refractivity (Wildman–Crippen MR) is 85.0 cm³/mol.